The van der Waals surface area contributed by atoms with Crippen LogP contribution in [0.2, 0.25) is 0 Å². The Kier molecular flexibility index (Phi) is 3.56. The van der Waals surface area contributed by atoms with E-state index in [0.717, 1.165) is 23.4 Å². The van der Waals surface area contributed by atoms with Gasteiger partial charge in [0.15, 0.2) is 11.5 Å². The second-order valence-electron chi connectivity index (χ2n) is 6.42. The smallest absolute Gasteiger partial charge is 0.165 e. The second kappa shape index (κ2) is 5.40. The third kappa shape index (κ3) is 2.93. The Morgan fingerprint density at radius 2 is 1.82 bits per heavy atom. The number of anilines is 1. The molecule has 0 amide bonds. The fourth-order valence-electron chi connectivity index (χ4n) is 2.62. The maximum Gasteiger partial charge on any atom is 0.165 e. The molecule has 0 saturated carbocycles. The van der Waals surface area contributed by atoms with E-state index in [1.54, 1.807) is 12.7 Å². The summed E-state index contributed by atoms with van der Waals surface area (Å²) in [6.07, 6.45) is 4.25. The Morgan fingerprint density at radius 3 is 2.55 bits per heavy atom. The van der Waals surface area contributed by atoms with Gasteiger partial charge < -0.3 is 9.88 Å². The molecule has 3 aromatic rings. The minimum absolute atomic E-state index is 0.131. The van der Waals surface area contributed by atoms with E-state index in [2.05, 4.69) is 65.3 Å². The molecule has 1 N–H and O–H groups in total. The molecule has 5 nitrogen and oxygen atoms in total. The van der Waals surface area contributed by atoms with Crippen molar-refractivity contribution in [1.82, 2.24) is 19.5 Å². The van der Waals surface area contributed by atoms with Crippen molar-refractivity contribution in [1.29, 1.82) is 0 Å². The molecule has 0 spiro atoms. The first kappa shape index (κ1) is 14.5. The summed E-state index contributed by atoms with van der Waals surface area (Å²) in [5.41, 5.74) is 4.09. The van der Waals surface area contributed by atoms with E-state index in [0.29, 0.717) is 0 Å². The van der Waals surface area contributed by atoms with E-state index < -0.39 is 0 Å². The molecule has 5 heteroatoms. The molecule has 2 heterocycles. The maximum absolute atomic E-state index is 4.40. The number of nitrogens with one attached hydrogen (secondary N) is 1. The number of rotatable bonds is 4. The van der Waals surface area contributed by atoms with Gasteiger partial charge >= 0.3 is 0 Å². The van der Waals surface area contributed by atoms with Crippen molar-refractivity contribution in [3.63, 3.8) is 0 Å². The van der Waals surface area contributed by atoms with E-state index in [1.807, 2.05) is 11.6 Å². The average Bonchev–Trinajstić information content (AvgIpc) is 2.84. The van der Waals surface area contributed by atoms with Crippen LogP contribution in [0.3, 0.4) is 0 Å². The third-order valence-corrected chi connectivity index (χ3v) is 3.72. The molecule has 22 heavy (non-hydrogen) atoms. The van der Waals surface area contributed by atoms with Gasteiger partial charge in [-0.3, -0.25) is 0 Å². The highest BCUT2D eigenvalue weighted by Crippen LogP contribution is 2.23. The number of hydrogen-bond donors (Lipinski definition) is 1. The summed E-state index contributed by atoms with van der Waals surface area (Å²) in [6.45, 7) is 6.44. The number of imidazole rings is 1. The van der Waals surface area contributed by atoms with Crippen LogP contribution >= 0.6 is 0 Å². The maximum atomic E-state index is 4.40. The highest BCUT2D eigenvalue weighted by Gasteiger charge is 2.21. The number of fused-ring (bicyclic) bond motifs is 1. The van der Waals surface area contributed by atoms with E-state index in [1.165, 1.54) is 11.1 Å². The van der Waals surface area contributed by atoms with Gasteiger partial charge in [-0.1, -0.05) is 29.8 Å². The minimum atomic E-state index is -0.131. The topological polar surface area (TPSA) is 55.6 Å². The van der Waals surface area contributed by atoms with Gasteiger partial charge in [0.25, 0.3) is 0 Å². The number of benzene rings is 1. The summed E-state index contributed by atoms with van der Waals surface area (Å²) in [5.74, 6) is 0.780. The largest absolute Gasteiger partial charge is 0.363 e. The summed E-state index contributed by atoms with van der Waals surface area (Å²) in [4.78, 5) is 13.0. The van der Waals surface area contributed by atoms with Gasteiger partial charge in [0, 0.05) is 12.6 Å². The summed E-state index contributed by atoms with van der Waals surface area (Å²) >= 11 is 0. The zero-order valence-electron chi connectivity index (χ0n) is 13.5. The fraction of sp³-hybridized carbons (Fsp3) is 0.353. The van der Waals surface area contributed by atoms with Crippen LogP contribution in [-0.2, 0) is 13.5 Å². The lowest BCUT2D eigenvalue weighted by molar-refractivity contribution is 0.562. The van der Waals surface area contributed by atoms with E-state index in [-0.39, 0.29) is 5.54 Å². The highest BCUT2D eigenvalue weighted by molar-refractivity contribution is 5.82. The van der Waals surface area contributed by atoms with Gasteiger partial charge in [-0.05, 0) is 32.8 Å². The first-order chi connectivity index (χ1) is 10.4. The van der Waals surface area contributed by atoms with Crippen molar-refractivity contribution in [2.45, 2.75) is 32.7 Å². The summed E-state index contributed by atoms with van der Waals surface area (Å²) < 4.78 is 1.90. The first-order valence-corrected chi connectivity index (χ1v) is 7.40. The Labute approximate surface area is 130 Å². The SMILES string of the molecule is Cc1ccc(CC(C)(C)Nc2ncnc3c2ncn3C)cc1. The van der Waals surface area contributed by atoms with Gasteiger partial charge in [-0.25, -0.2) is 15.0 Å². The van der Waals surface area contributed by atoms with Crippen LogP contribution in [-0.4, -0.2) is 25.1 Å². The normalized spacial score (nSPS) is 11.8. The molecule has 0 saturated heterocycles. The van der Waals surface area contributed by atoms with Gasteiger partial charge in [-0.2, -0.15) is 0 Å². The monoisotopic (exact) mass is 295 g/mol. The fourth-order valence-corrected chi connectivity index (χ4v) is 2.62. The van der Waals surface area contributed by atoms with E-state index in [4.69, 9.17) is 0 Å². The van der Waals surface area contributed by atoms with Crippen molar-refractivity contribution in [3.05, 3.63) is 48.0 Å². The zero-order chi connectivity index (χ0) is 15.7. The minimum Gasteiger partial charge on any atom is -0.363 e. The molecule has 0 aliphatic carbocycles. The van der Waals surface area contributed by atoms with Crippen LogP contribution in [0.25, 0.3) is 11.2 Å². The number of hydrogen-bond acceptors (Lipinski definition) is 4. The average molecular weight is 295 g/mol. The molecule has 0 atom stereocenters. The van der Waals surface area contributed by atoms with Gasteiger partial charge in [0.1, 0.15) is 11.8 Å². The highest BCUT2D eigenvalue weighted by atomic mass is 15.1. The quantitative estimate of drug-likeness (QED) is 0.803. The second-order valence-corrected chi connectivity index (χ2v) is 6.42. The molecule has 0 bridgehead atoms. The lowest BCUT2D eigenvalue weighted by Gasteiger charge is -2.27. The molecule has 2 aromatic heterocycles. The standard InChI is InChI=1S/C17H21N5/c1-12-5-7-13(8-6-12)9-17(2,3)21-15-14-16(19-10-18-15)22(4)11-20-14/h5-8,10-11H,9H2,1-4H3,(H,18,19,21). The number of aromatic nitrogens is 4. The summed E-state index contributed by atoms with van der Waals surface area (Å²) in [5, 5.41) is 3.51. The molecule has 0 aliphatic rings. The van der Waals surface area contributed by atoms with E-state index >= 15 is 0 Å². The Hall–Kier alpha value is -2.43. The molecule has 0 aliphatic heterocycles. The predicted octanol–water partition coefficient (Wildman–Crippen LogP) is 3.10. The molecular weight excluding hydrogens is 274 g/mol. The zero-order valence-corrected chi connectivity index (χ0v) is 13.5. The van der Waals surface area contributed by atoms with E-state index in [9.17, 15) is 0 Å². The molecule has 1 aromatic carbocycles. The molecule has 0 fully saturated rings. The van der Waals surface area contributed by atoms with Crippen LogP contribution in [0.15, 0.2) is 36.9 Å². The van der Waals surface area contributed by atoms with Crippen molar-refractivity contribution >= 4 is 17.0 Å². The molecule has 3 rings (SSSR count). The summed E-state index contributed by atoms with van der Waals surface area (Å²) in [7, 11) is 1.93. The molecule has 114 valence electrons. The van der Waals surface area contributed by atoms with Gasteiger partial charge in [0.05, 0.1) is 6.33 Å². The Balaban J connectivity index is 1.84. The lowest BCUT2D eigenvalue weighted by Crippen LogP contribution is -2.34. The molecular formula is C17H21N5. The van der Waals surface area contributed by atoms with Crippen molar-refractivity contribution in [2.24, 2.45) is 7.05 Å². The Morgan fingerprint density at radius 1 is 1.09 bits per heavy atom. The molecule has 0 radical (unpaired) electrons. The molecule has 0 unspecified atom stereocenters. The van der Waals surface area contributed by atoms with Crippen LogP contribution in [0, 0.1) is 6.92 Å². The van der Waals surface area contributed by atoms with Gasteiger partial charge in [-0.15, -0.1) is 0 Å². The lowest BCUT2D eigenvalue weighted by atomic mass is 9.94. The van der Waals surface area contributed by atoms with Crippen LogP contribution in [0.1, 0.15) is 25.0 Å². The number of nitrogens with zero attached hydrogens (tertiary/aromatic N) is 4. The van der Waals surface area contributed by atoms with Gasteiger partial charge in [0.2, 0.25) is 0 Å². The van der Waals surface area contributed by atoms with Crippen LogP contribution in [0.5, 0.6) is 0 Å². The van der Waals surface area contributed by atoms with Crippen molar-refractivity contribution < 1.29 is 0 Å². The number of aryl methyl sites for hydroxylation is 2. The third-order valence-electron chi connectivity index (χ3n) is 3.72. The van der Waals surface area contributed by atoms with Crippen molar-refractivity contribution in [3.8, 4) is 0 Å². The van der Waals surface area contributed by atoms with Crippen molar-refractivity contribution in [2.75, 3.05) is 5.32 Å². The van der Waals surface area contributed by atoms with Crippen LogP contribution in [0.4, 0.5) is 5.82 Å². The summed E-state index contributed by atoms with van der Waals surface area (Å²) in [6, 6.07) is 8.64. The van der Waals surface area contributed by atoms with Crippen LogP contribution < -0.4 is 5.32 Å². The first-order valence-electron chi connectivity index (χ1n) is 7.40. The predicted molar refractivity (Wildman–Crippen MR) is 88.9 cm³/mol. The Bertz CT molecular complexity index is 786.